The normalized spacial score (nSPS) is 16.4. The predicted octanol–water partition coefficient (Wildman–Crippen LogP) is 3.50. The van der Waals surface area contributed by atoms with Gasteiger partial charge >= 0.3 is 0 Å². The first kappa shape index (κ1) is 19.7. The smallest absolute Gasteiger partial charge is 0.243 e. The van der Waals surface area contributed by atoms with Crippen LogP contribution in [0.15, 0.2) is 53.4 Å². The molecule has 5 nitrogen and oxygen atoms in total. The first-order chi connectivity index (χ1) is 12.7. The lowest BCUT2D eigenvalue weighted by molar-refractivity contribution is 0.384. The number of sulfonamides is 1. The van der Waals surface area contributed by atoms with Crippen LogP contribution in [0.3, 0.4) is 0 Å². The van der Waals surface area contributed by atoms with E-state index in [0.717, 1.165) is 17.0 Å². The van der Waals surface area contributed by atoms with E-state index in [-0.39, 0.29) is 5.41 Å². The molecule has 1 fully saturated rings. The average molecular weight is 389 g/mol. The number of piperazine rings is 1. The van der Waals surface area contributed by atoms with Gasteiger partial charge in [-0.3, -0.25) is 0 Å². The molecule has 2 aromatic rings. The van der Waals surface area contributed by atoms with Crippen LogP contribution in [-0.2, 0) is 15.4 Å². The predicted molar refractivity (Wildman–Crippen MR) is 109 cm³/mol. The molecule has 0 N–H and O–H groups in total. The van der Waals surface area contributed by atoms with Crippen molar-refractivity contribution in [2.45, 2.75) is 31.1 Å². The molecule has 1 aliphatic rings. The maximum atomic E-state index is 13.0. The molecular formula is C21H28N2O3S. The second kappa shape index (κ2) is 7.52. The van der Waals surface area contributed by atoms with Gasteiger partial charge in [-0.1, -0.05) is 32.9 Å². The summed E-state index contributed by atoms with van der Waals surface area (Å²) >= 11 is 0. The average Bonchev–Trinajstić information content (AvgIpc) is 2.67. The van der Waals surface area contributed by atoms with Crippen molar-refractivity contribution >= 4 is 15.7 Å². The summed E-state index contributed by atoms with van der Waals surface area (Å²) in [5.74, 6) is 0.818. The molecule has 0 aromatic heterocycles. The Hall–Kier alpha value is -2.05. The van der Waals surface area contributed by atoms with E-state index in [0.29, 0.717) is 31.1 Å². The summed E-state index contributed by atoms with van der Waals surface area (Å²) in [5.41, 5.74) is 2.22. The highest BCUT2D eigenvalue weighted by molar-refractivity contribution is 7.89. The summed E-state index contributed by atoms with van der Waals surface area (Å²) in [6.07, 6.45) is 0. The molecular weight excluding hydrogens is 360 g/mol. The maximum absolute atomic E-state index is 13.0. The van der Waals surface area contributed by atoms with Crippen molar-refractivity contribution in [2.24, 2.45) is 0 Å². The molecule has 3 rings (SSSR count). The van der Waals surface area contributed by atoms with E-state index in [1.807, 2.05) is 36.4 Å². The van der Waals surface area contributed by atoms with Gasteiger partial charge in [0.2, 0.25) is 10.0 Å². The molecule has 0 unspecified atom stereocenters. The Bertz CT molecular complexity index is 861. The molecule has 146 valence electrons. The Kier molecular flexibility index (Phi) is 5.49. The molecule has 0 atom stereocenters. The summed E-state index contributed by atoms with van der Waals surface area (Å²) in [7, 11) is -1.81. The molecule has 1 heterocycles. The van der Waals surface area contributed by atoms with Crippen molar-refractivity contribution in [3.8, 4) is 5.75 Å². The number of nitrogens with zero attached hydrogens (tertiary/aromatic N) is 2. The van der Waals surface area contributed by atoms with E-state index in [1.165, 1.54) is 0 Å². The lowest BCUT2D eigenvalue weighted by Crippen LogP contribution is -2.48. The first-order valence-corrected chi connectivity index (χ1v) is 10.7. The van der Waals surface area contributed by atoms with E-state index >= 15 is 0 Å². The van der Waals surface area contributed by atoms with E-state index < -0.39 is 10.0 Å². The van der Waals surface area contributed by atoms with Crippen molar-refractivity contribution in [1.29, 1.82) is 0 Å². The van der Waals surface area contributed by atoms with E-state index in [4.69, 9.17) is 4.74 Å². The van der Waals surface area contributed by atoms with Crippen molar-refractivity contribution in [3.05, 3.63) is 54.1 Å². The molecule has 27 heavy (non-hydrogen) atoms. The van der Waals surface area contributed by atoms with Crippen LogP contribution in [0, 0.1) is 0 Å². The molecule has 0 radical (unpaired) electrons. The number of ether oxygens (including phenoxy) is 1. The molecule has 1 saturated heterocycles. The van der Waals surface area contributed by atoms with Gasteiger partial charge in [0.1, 0.15) is 5.75 Å². The summed E-state index contributed by atoms with van der Waals surface area (Å²) in [5, 5.41) is 0. The topological polar surface area (TPSA) is 49.9 Å². The largest absolute Gasteiger partial charge is 0.497 e. The zero-order chi connectivity index (χ0) is 19.7. The minimum absolute atomic E-state index is 0.00623. The third-order valence-electron chi connectivity index (χ3n) is 5.03. The molecule has 0 bridgehead atoms. The lowest BCUT2D eigenvalue weighted by atomic mass is 9.87. The quantitative estimate of drug-likeness (QED) is 0.804. The van der Waals surface area contributed by atoms with Gasteiger partial charge < -0.3 is 9.64 Å². The second-order valence-corrected chi connectivity index (χ2v) is 9.80. The second-order valence-electron chi connectivity index (χ2n) is 7.86. The Morgan fingerprint density at radius 3 is 1.89 bits per heavy atom. The molecule has 6 heteroatoms. The third kappa shape index (κ3) is 4.28. The van der Waals surface area contributed by atoms with E-state index in [9.17, 15) is 8.42 Å². The van der Waals surface area contributed by atoms with Gasteiger partial charge in [-0.2, -0.15) is 4.31 Å². The van der Waals surface area contributed by atoms with Gasteiger partial charge in [-0.25, -0.2) is 8.42 Å². The van der Waals surface area contributed by atoms with Crippen LogP contribution in [0.25, 0.3) is 0 Å². The molecule has 0 amide bonds. The third-order valence-corrected chi connectivity index (χ3v) is 6.95. The standard InChI is InChI=1S/C21H28N2O3S/c1-21(2,3)17-5-11-20(12-6-17)27(24,25)23-15-13-22(14-16-23)18-7-9-19(26-4)10-8-18/h5-12H,13-16H2,1-4H3. The number of anilines is 1. The van der Waals surface area contributed by atoms with Gasteiger partial charge in [0.15, 0.2) is 0 Å². The van der Waals surface area contributed by atoms with Gasteiger partial charge in [-0.05, 0) is 47.4 Å². The highest BCUT2D eigenvalue weighted by atomic mass is 32.2. The monoisotopic (exact) mass is 388 g/mol. The SMILES string of the molecule is COc1ccc(N2CCN(S(=O)(=O)c3ccc(C(C)(C)C)cc3)CC2)cc1. The fourth-order valence-electron chi connectivity index (χ4n) is 3.26. The number of hydrogen-bond donors (Lipinski definition) is 0. The number of methoxy groups -OCH3 is 1. The first-order valence-electron chi connectivity index (χ1n) is 9.21. The minimum atomic E-state index is -3.45. The molecule has 0 aliphatic carbocycles. The zero-order valence-corrected chi connectivity index (χ0v) is 17.3. The Morgan fingerprint density at radius 1 is 0.852 bits per heavy atom. The highest BCUT2D eigenvalue weighted by Gasteiger charge is 2.29. The fraction of sp³-hybridized carbons (Fsp3) is 0.429. The van der Waals surface area contributed by atoms with Crippen LogP contribution < -0.4 is 9.64 Å². The lowest BCUT2D eigenvalue weighted by Gasteiger charge is -2.35. The Balaban J connectivity index is 1.69. The molecule has 0 saturated carbocycles. The van der Waals surface area contributed by atoms with Crippen molar-refractivity contribution < 1.29 is 13.2 Å². The summed E-state index contributed by atoms with van der Waals surface area (Å²) in [6.45, 7) is 8.67. The van der Waals surface area contributed by atoms with Gasteiger partial charge in [0.05, 0.1) is 12.0 Å². The van der Waals surface area contributed by atoms with Gasteiger partial charge in [0.25, 0.3) is 0 Å². The van der Waals surface area contributed by atoms with E-state index in [1.54, 1.807) is 23.5 Å². The molecule has 1 aliphatic heterocycles. The van der Waals surface area contributed by atoms with Gasteiger partial charge in [0, 0.05) is 31.9 Å². The fourth-order valence-corrected chi connectivity index (χ4v) is 4.68. The van der Waals surface area contributed by atoms with Crippen molar-refractivity contribution in [3.63, 3.8) is 0 Å². The van der Waals surface area contributed by atoms with Crippen LogP contribution in [0.1, 0.15) is 26.3 Å². The van der Waals surface area contributed by atoms with Crippen molar-refractivity contribution in [2.75, 3.05) is 38.2 Å². The number of rotatable bonds is 4. The van der Waals surface area contributed by atoms with Gasteiger partial charge in [-0.15, -0.1) is 0 Å². The van der Waals surface area contributed by atoms with Crippen molar-refractivity contribution in [1.82, 2.24) is 4.31 Å². The number of hydrogen-bond acceptors (Lipinski definition) is 4. The maximum Gasteiger partial charge on any atom is 0.243 e. The van der Waals surface area contributed by atoms with Crippen LogP contribution in [0.2, 0.25) is 0 Å². The summed E-state index contributed by atoms with van der Waals surface area (Å²) < 4.78 is 32.7. The highest BCUT2D eigenvalue weighted by Crippen LogP contribution is 2.26. The minimum Gasteiger partial charge on any atom is -0.497 e. The Morgan fingerprint density at radius 2 is 1.41 bits per heavy atom. The van der Waals surface area contributed by atoms with E-state index in [2.05, 4.69) is 25.7 Å². The molecule has 2 aromatic carbocycles. The van der Waals surface area contributed by atoms with Crippen LogP contribution >= 0.6 is 0 Å². The summed E-state index contributed by atoms with van der Waals surface area (Å²) in [6, 6.07) is 15.2. The summed E-state index contributed by atoms with van der Waals surface area (Å²) in [4.78, 5) is 2.57. The van der Waals surface area contributed by atoms with Crippen LogP contribution in [0.5, 0.6) is 5.75 Å². The van der Waals surface area contributed by atoms with Crippen LogP contribution in [0.4, 0.5) is 5.69 Å². The zero-order valence-electron chi connectivity index (χ0n) is 16.5. The van der Waals surface area contributed by atoms with Crippen LogP contribution in [-0.4, -0.2) is 46.0 Å². The number of benzene rings is 2. The Labute approximate surface area is 162 Å². The molecule has 0 spiro atoms.